The zero-order chi connectivity index (χ0) is 27.6. The van der Waals surface area contributed by atoms with Crippen molar-refractivity contribution in [3.8, 4) is 5.75 Å². The van der Waals surface area contributed by atoms with Crippen LogP contribution in [0.4, 0.5) is 4.39 Å². The second-order valence-electron chi connectivity index (χ2n) is 10.5. The summed E-state index contributed by atoms with van der Waals surface area (Å²) in [6.07, 6.45) is 4.01. The molecule has 1 saturated carbocycles. The van der Waals surface area contributed by atoms with Crippen LogP contribution < -0.4 is 10.1 Å². The highest BCUT2D eigenvalue weighted by Crippen LogP contribution is 2.41. The monoisotopic (exact) mass is 539 g/mol. The Balaban J connectivity index is 1.16. The molecule has 1 N–H and O–H groups in total. The molecule has 0 saturated heterocycles. The number of hydrogen-bond acceptors (Lipinski definition) is 5. The third kappa shape index (κ3) is 5.61. The number of hydrogen-bond donors (Lipinski definition) is 1. The summed E-state index contributed by atoms with van der Waals surface area (Å²) in [5.41, 5.74) is 5.28. The molecule has 0 spiro atoms. The van der Waals surface area contributed by atoms with E-state index in [4.69, 9.17) is 9.15 Å². The molecule has 4 aromatic rings. The van der Waals surface area contributed by atoms with Crippen molar-refractivity contribution in [2.75, 3.05) is 6.54 Å². The van der Waals surface area contributed by atoms with Gasteiger partial charge in [-0.3, -0.25) is 9.59 Å². The molecule has 6 rings (SSSR count). The number of rotatable bonds is 8. The van der Waals surface area contributed by atoms with Crippen molar-refractivity contribution in [1.29, 1.82) is 0 Å². The SMILES string of the molecule is Cc1ccc([C@H]2c3cc(OCc4nc(C(=O)NCc5cccc(F)c5)co4)ccc3CCN2C(=O)C2CC2)cc1. The Morgan fingerprint density at radius 3 is 2.70 bits per heavy atom. The van der Waals surface area contributed by atoms with Crippen LogP contribution in [-0.2, 0) is 24.4 Å². The van der Waals surface area contributed by atoms with Crippen molar-refractivity contribution in [2.45, 2.75) is 45.4 Å². The van der Waals surface area contributed by atoms with E-state index >= 15 is 0 Å². The van der Waals surface area contributed by atoms with Crippen LogP contribution in [0.25, 0.3) is 0 Å². The summed E-state index contributed by atoms with van der Waals surface area (Å²) < 4.78 is 24.9. The van der Waals surface area contributed by atoms with E-state index in [0.717, 1.165) is 30.4 Å². The maximum Gasteiger partial charge on any atom is 0.273 e. The number of oxazole rings is 1. The summed E-state index contributed by atoms with van der Waals surface area (Å²) in [7, 11) is 0. The highest BCUT2D eigenvalue weighted by atomic mass is 19.1. The number of nitrogens with one attached hydrogen (secondary N) is 1. The minimum Gasteiger partial charge on any atom is -0.484 e. The largest absolute Gasteiger partial charge is 0.484 e. The van der Waals surface area contributed by atoms with Crippen molar-refractivity contribution in [1.82, 2.24) is 15.2 Å². The van der Waals surface area contributed by atoms with Gasteiger partial charge in [-0.2, -0.15) is 0 Å². The van der Waals surface area contributed by atoms with Crippen molar-refractivity contribution in [3.63, 3.8) is 0 Å². The molecule has 1 aliphatic heterocycles. The van der Waals surface area contributed by atoms with Crippen LogP contribution in [0.15, 0.2) is 77.4 Å². The van der Waals surface area contributed by atoms with Gasteiger partial charge in [0.1, 0.15) is 17.8 Å². The second kappa shape index (κ2) is 11.0. The number of aryl methyl sites for hydroxylation is 1. The first-order chi connectivity index (χ1) is 19.4. The minimum atomic E-state index is -0.422. The number of ether oxygens (including phenoxy) is 1. The van der Waals surface area contributed by atoms with Gasteiger partial charge in [0.2, 0.25) is 11.8 Å². The first-order valence-corrected chi connectivity index (χ1v) is 13.5. The molecule has 2 heterocycles. The van der Waals surface area contributed by atoms with Crippen molar-refractivity contribution in [3.05, 3.63) is 118 Å². The Labute approximate surface area is 232 Å². The molecule has 8 heteroatoms. The molecule has 2 aliphatic rings. The first-order valence-electron chi connectivity index (χ1n) is 13.5. The highest BCUT2D eigenvalue weighted by Gasteiger charge is 2.39. The Kier molecular flexibility index (Phi) is 7.07. The van der Waals surface area contributed by atoms with E-state index in [0.29, 0.717) is 17.9 Å². The Morgan fingerprint density at radius 1 is 1.10 bits per heavy atom. The predicted molar refractivity (Wildman–Crippen MR) is 146 cm³/mol. The summed E-state index contributed by atoms with van der Waals surface area (Å²) in [4.78, 5) is 32.0. The van der Waals surface area contributed by atoms with E-state index in [2.05, 4.69) is 47.6 Å². The molecule has 7 nitrogen and oxygen atoms in total. The fourth-order valence-corrected chi connectivity index (χ4v) is 5.14. The Morgan fingerprint density at radius 2 is 1.93 bits per heavy atom. The van der Waals surface area contributed by atoms with Gasteiger partial charge in [-0.25, -0.2) is 9.37 Å². The maximum atomic E-state index is 13.4. The van der Waals surface area contributed by atoms with Gasteiger partial charge >= 0.3 is 0 Å². The van der Waals surface area contributed by atoms with Crippen molar-refractivity contribution >= 4 is 11.8 Å². The molecular formula is C32H30FN3O4. The van der Waals surface area contributed by atoms with Gasteiger partial charge < -0.3 is 19.4 Å². The zero-order valence-electron chi connectivity index (χ0n) is 22.2. The topological polar surface area (TPSA) is 84.7 Å². The summed E-state index contributed by atoms with van der Waals surface area (Å²) in [5.74, 6) is 0.475. The fourth-order valence-electron chi connectivity index (χ4n) is 5.14. The van der Waals surface area contributed by atoms with Gasteiger partial charge in [-0.15, -0.1) is 0 Å². The lowest BCUT2D eigenvalue weighted by molar-refractivity contribution is -0.134. The number of nitrogens with zero attached hydrogens (tertiary/aromatic N) is 2. The molecule has 3 aromatic carbocycles. The first kappa shape index (κ1) is 25.8. The molecule has 204 valence electrons. The van der Waals surface area contributed by atoms with Crippen molar-refractivity contribution < 1.29 is 23.1 Å². The van der Waals surface area contributed by atoms with Gasteiger partial charge in [0.15, 0.2) is 12.3 Å². The number of aromatic nitrogens is 1. The number of amides is 2. The minimum absolute atomic E-state index is 0.0376. The van der Waals surface area contributed by atoms with Crippen molar-refractivity contribution in [2.24, 2.45) is 5.92 Å². The molecule has 1 aromatic heterocycles. The van der Waals surface area contributed by atoms with Gasteiger partial charge in [-0.1, -0.05) is 48.0 Å². The number of carbonyl (C=O) groups excluding carboxylic acids is 2. The highest BCUT2D eigenvalue weighted by molar-refractivity contribution is 5.91. The lowest BCUT2D eigenvalue weighted by atomic mass is 9.87. The molecular weight excluding hydrogens is 509 g/mol. The summed E-state index contributed by atoms with van der Waals surface area (Å²) in [6, 6.07) is 20.2. The summed E-state index contributed by atoms with van der Waals surface area (Å²) in [5, 5.41) is 2.71. The van der Waals surface area contributed by atoms with Crippen LogP contribution in [0.3, 0.4) is 0 Å². The average Bonchev–Trinajstić information content (AvgIpc) is 3.71. The van der Waals surface area contributed by atoms with Crippen LogP contribution in [-0.4, -0.2) is 28.2 Å². The predicted octanol–water partition coefficient (Wildman–Crippen LogP) is 5.52. The van der Waals surface area contributed by atoms with E-state index in [1.54, 1.807) is 12.1 Å². The molecule has 2 amide bonds. The molecule has 1 atom stereocenters. The standard InChI is InChI=1S/C32H30FN3O4/c1-20-5-7-23(8-6-20)30-27-16-26(12-11-22(27)13-14-36(30)32(38)24-9-10-24)39-19-29-35-28(18-40-29)31(37)34-17-21-3-2-4-25(33)15-21/h2-8,11-12,15-16,18,24,30H,9-10,13-14,17,19H2,1H3,(H,34,37)/t30-/m0/s1. The molecule has 0 unspecified atom stereocenters. The zero-order valence-corrected chi connectivity index (χ0v) is 22.2. The third-order valence-electron chi connectivity index (χ3n) is 7.44. The van der Waals surface area contributed by atoms with E-state index in [9.17, 15) is 14.0 Å². The lowest BCUT2D eigenvalue weighted by Gasteiger charge is -2.38. The van der Waals surface area contributed by atoms with Gasteiger partial charge in [0.05, 0.1) is 6.04 Å². The summed E-state index contributed by atoms with van der Waals surface area (Å²) >= 11 is 0. The van der Waals surface area contributed by atoms with Crippen LogP contribution in [0.2, 0.25) is 0 Å². The van der Waals surface area contributed by atoms with E-state index in [-0.39, 0.29) is 48.4 Å². The van der Waals surface area contributed by atoms with Crippen LogP contribution in [0, 0.1) is 18.7 Å². The Bertz CT molecular complexity index is 1540. The summed E-state index contributed by atoms with van der Waals surface area (Å²) in [6.45, 7) is 2.96. The quantitative estimate of drug-likeness (QED) is 0.319. The molecule has 1 aliphatic carbocycles. The smallest absolute Gasteiger partial charge is 0.273 e. The Hall–Kier alpha value is -4.46. The number of carbonyl (C=O) groups is 2. The maximum absolute atomic E-state index is 13.4. The van der Waals surface area contributed by atoms with Gasteiger partial charge in [0, 0.05) is 19.0 Å². The fraction of sp³-hybridized carbons (Fsp3) is 0.281. The van der Waals surface area contributed by atoms with Crippen LogP contribution >= 0.6 is 0 Å². The van der Waals surface area contributed by atoms with E-state index < -0.39 is 5.91 Å². The van der Waals surface area contributed by atoms with E-state index in [1.165, 1.54) is 29.5 Å². The molecule has 40 heavy (non-hydrogen) atoms. The lowest BCUT2D eigenvalue weighted by Crippen LogP contribution is -2.41. The molecule has 1 fully saturated rings. The average molecular weight is 540 g/mol. The number of fused-ring (bicyclic) bond motifs is 1. The molecule has 0 radical (unpaired) electrons. The van der Waals surface area contributed by atoms with Crippen LogP contribution in [0.1, 0.15) is 63.1 Å². The second-order valence-corrected chi connectivity index (χ2v) is 10.5. The molecule has 0 bridgehead atoms. The van der Waals surface area contributed by atoms with Gasteiger partial charge in [-0.05, 0) is 72.7 Å². The third-order valence-corrected chi connectivity index (χ3v) is 7.44. The van der Waals surface area contributed by atoms with Crippen LogP contribution in [0.5, 0.6) is 5.75 Å². The number of benzene rings is 3. The van der Waals surface area contributed by atoms with Gasteiger partial charge in [0.25, 0.3) is 5.91 Å². The normalized spacial score (nSPS) is 16.4. The number of halogens is 1. The van der Waals surface area contributed by atoms with E-state index in [1.807, 2.05) is 17.0 Å².